The van der Waals surface area contributed by atoms with E-state index in [1.54, 1.807) is 0 Å². The predicted octanol–water partition coefficient (Wildman–Crippen LogP) is 3.95. The molecule has 1 aliphatic rings. The maximum absolute atomic E-state index is 13.0. The van der Waals surface area contributed by atoms with Crippen molar-refractivity contribution in [2.45, 2.75) is 39.2 Å². The normalized spacial score (nSPS) is 16.7. The summed E-state index contributed by atoms with van der Waals surface area (Å²) in [6.45, 7) is 7.09. The number of fused-ring (bicyclic) bond motifs is 1. The number of rotatable bonds is 5. The van der Waals surface area contributed by atoms with E-state index in [9.17, 15) is 4.79 Å². The first-order chi connectivity index (χ1) is 13.2. The minimum Gasteiger partial charge on any atom is -0.328 e. The molecule has 3 aromatic rings. The van der Waals surface area contributed by atoms with Crippen molar-refractivity contribution < 1.29 is 4.79 Å². The van der Waals surface area contributed by atoms with E-state index in [1.165, 1.54) is 0 Å². The second-order valence-electron chi connectivity index (χ2n) is 7.06. The molecule has 0 unspecified atom stereocenters. The Labute approximate surface area is 159 Å². The largest absolute Gasteiger partial charge is 0.328 e. The van der Waals surface area contributed by atoms with Crippen LogP contribution in [0.5, 0.6) is 0 Å². The van der Waals surface area contributed by atoms with Gasteiger partial charge in [-0.15, -0.1) is 0 Å². The molecule has 1 fully saturated rings. The number of imidazole rings is 1. The SMILES string of the molecule is CCc1nc2cc(NC(=O)c3ccccc3[C@H]3CCNC3)ccc2n1CC. The molecule has 1 aliphatic heterocycles. The molecule has 0 radical (unpaired) electrons. The summed E-state index contributed by atoms with van der Waals surface area (Å²) in [6, 6.07) is 13.9. The monoisotopic (exact) mass is 362 g/mol. The zero-order valence-corrected chi connectivity index (χ0v) is 16.0. The zero-order valence-electron chi connectivity index (χ0n) is 16.0. The van der Waals surface area contributed by atoms with Gasteiger partial charge < -0.3 is 15.2 Å². The summed E-state index contributed by atoms with van der Waals surface area (Å²) in [4.78, 5) is 17.7. The molecule has 1 aromatic heterocycles. The molecule has 1 atom stereocenters. The number of anilines is 1. The third-order valence-corrected chi connectivity index (χ3v) is 5.42. The van der Waals surface area contributed by atoms with Gasteiger partial charge in [-0.05, 0) is 55.6 Å². The second kappa shape index (κ2) is 7.53. The molecule has 0 saturated carbocycles. The molecule has 2 heterocycles. The fourth-order valence-corrected chi connectivity index (χ4v) is 4.06. The molecule has 140 valence electrons. The van der Waals surface area contributed by atoms with Crippen LogP contribution in [0.15, 0.2) is 42.5 Å². The molecule has 4 rings (SSSR count). The number of aromatic nitrogens is 2. The van der Waals surface area contributed by atoms with Crippen LogP contribution in [0.4, 0.5) is 5.69 Å². The first-order valence-corrected chi connectivity index (χ1v) is 9.81. The van der Waals surface area contributed by atoms with Crippen LogP contribution in [0.2, 0.25) is 0 Å². The Bertz CT molecular complexity index is 970. The molecule has 0 bridgehead atoms. The van der Waals surface area contributed by atoms with Gasteiger partial charge in [0.15, 0.2) is 0 Å². The summed E-state index contributed by atoms with van der Waals surface area (Å²) in [5, 5.41) is 6.45. The van der Waals surface area contributed by atoms with Gasteiger partial charge in [0.05, 0.1) is 11.0 Å². The average molecular weight is 362 g/mol. The predicted molar refractivity (Wildman–Crippen MR) is 109 cm³/mol. The van der Waals surface area contributed by atoms with Gasteiger partial charge in [0.2, 0.25) is 0 Å². The number of hydrogen-bond donors (Lipinski definition) is 2. The van der Waals surface area contributed by atoms with Crippen LogP contribution < -0.4 is 10.6 Å². The highest BCUT2D eigenvalue weighted by molar-refractivity contribution is 6.06. The summed E-state index contributed by atoms with van der Waals surface area (Å²) < 4.78 is 2.23. The number of carbonyl (C=O) groups is 1. The van der Waals surface area contributed by atoms with E-state index in [-0.39, 0.29) is 5.91 Å². The lowest BCUT2D eigenvalue weighted by atomic mass is 9.93. The highest BCUT2D eigenvalue weighted by atomic mass is 16.1. The van der Waals surface area contributed by atoms with E-state index in [0.29, 0.717) is 5.92 Å². The van der Waals surface area contributed by atoms with Crippen LogP contribution in [0, 0.1) is 0 Å². The van der Waals surface area contributed by atoms with Crippen molar-refractivity contribution >= 4 is 22.6 Å². The minimum atomic E-state index is -0.0533. The number of carbonyl (C=O) groups excluding carboxylic acids is 1. The standard InChI is InChI=1S/C22H26N4O/c1-3-21-25-19-13-16(9-10-20(19)26(21)4-2)24-22(27)18-8-6-5-7-17(18)15-11-12-23-14-15/h5-10,13,15,23H,3-4,11-12,14H2,1-2H3,(H,24,27)/t15-/m0/s1. The number of amides is 1. The Kier molecular flexibility index (Phi) is 4.94. The van der Waals surface area contributed by atoms with Crippen molar-refractivity contribution in [1.82, 2.24) is 14.9 Å². The highest BCUT2D eigenvalue weighted by Crippen LogP contribution is 2.27. The van der Waals surface area contributed by atoms with Crippen molar-refractivity contribution in [3.8, 4) is 0 Å². The van der Waals surface area contributed by atoms with Gasteiger partial charge in [0, 0.05) is 30.8 Å². The molecule has 1 amide bonds. The highest BCUT2D eigenvalue weighted by Gasteiger charge is 2.22. The molecular weight excluding hydrogens is 336 g/mol. The summed E-state index contributed by atoms with van der Waals surface area (Å²) >= 11 is 0. The van der Waals surface area contributed by atoms with E-state index >= 15 is 0 Å². The van der Waals surface area contributed by atoms with E-state index in [2.05, 4.69) is 35.1 Å². The Morgan fingerprint density at radius 2 is 2.11 bits per heavy atom. The van der Waals surface area contributed by atoms with Crippen LogP contribution in [-0.2, 0) is 13.0 Å². The number of hydrogen-bond acceptors (Lipinski definition) is 3. The summed E-state index contributed by atoms with van der Waals surface area (Å²) in [5.41, 5.74) is 4.73. The quantitative estimate of drug-likeness (QED) is 0.722. The van der Waals surface area contributed by atoms with Crippen LogP contribution in [0.1, 0.15) is 47.9 Å². The smallest absolute Gasteiger partial charge is 0.255 e. The molecule has 2 aromatic carbocycles. The maximum atomic E-state index is 13.0. The van der Waals surface area contributed by atoms with E-state index in [0.717, 1.165) is 66.1 Å². The lowest BCUT2D eigenvalue weighted by Gasteiger charge is -2.14. The summed E-state index contributed by atoms with van der Waals surface area (Å²) in [5.74, 6) is 1.43. The molecule has 0 aliphatic carbocycles. The lowest BCUT2D eigenvalue weighted by molar-refractivity contribution is 0.102. The van der Waals surface area contributed by atoms with Crippen LogP contribution >= 0.6 is 0 Å². The van der Waals surface area contributed by atoms with E-state index < -0.39 is 0 Å². The molecular formula is C22H26N4O. The minimum absolute atomic E-state index is 0.0533. The third kappa shape index (κ3) is 3.35. The first-order valence-electron chi connectivity index (χ1n) is 9.81. The maximum Gasteiger partial charge on any atom is 0.255 e. The fourth-order valence-electron chi connectivity index (χ4n) is 4.06. The second-order valence-corrected chi connectivity index (χ2v) is 7.06. The lowest BCUT2D eigenvalue weighted by Crippen LogP contribution is -2.17. The van der Waals surface area contributed by atoms with Crippen molar-refractivity contribution in [3.63, 3.8) is 0 Å². The molecule has 1 saturated heterocycles. The fraction of sp³-hybridized carbons (Fsp3) is 0.364. The van der Waals surface area contributed by atoms with Crippen molar-refractivity contribution in [2.24, 2.45) is 0 Å². The van der Waals surface area contributed by atoms with Crippen molar-refractivity contribution in [1.29, 1.82) is 0 Å². The van der Waals surface area contributed by atoms with Crippen LogP contribution in [0.3, 0.4) is 0 Å². The van der Waals surface area contributed by atoms with Gasteiger partial charge in [-0.25, -0.2) is 4.98 Å². The van der Waals surface area contributed by atoms with Gasteiger partial charge in [-0.2, -0.15) is 0 Å². The van der Waals surface area contributed by atoms with Crippen LogP contribution in [0.25, 0.3) is 11.0 Å². The van der Waals surface area contributed by atoms with E-state index in [1.807, 2.05) is 36.4 Å². The van der Waals surface area contributed by atoms with E-state index in [4.69, 9.17) is 4.98 Å². The Balaban J connectivity index is 1.62. The van der Waals surface area contributed by atoms with Gasteiger partial charge >= 0.3 is 0 Å². The first kappa shape index (κ1) is 17.7. The number of benzene rings is 2. The van der Waals surface area contributed by atoms with Crippen molar-refractivity contribution in [2.75, 3.05) is 18.4 Å². The third-order valence-electron chi connectivity index (χ3n) is 5.42. The molecule has 2 N–H and O–H groups in total. The van der Waals surface area contributed by atoms with Gasteiger partial charge in [0.25, 0.3) is 5.91 Å². The van der Waals surface area contributed by atoms with Crippen molar-refractivity contribution in [3.05, 3.63) is 59.4 Å². The molecule has 27 heavy (non-hydrogen) atoms. The molecule has 5 heteroatoms. The summed E-state index contributed by atoms with van der Waals surface area (Å²) in [7, 11) is 0. The number of nitrogens with one attached hydrogen (secondary N) is 2. The Morgan fingerprint density at radius 1 is 1.26 bits per heavy atom. The zero-order chi connectivity index (χ0) is 18.8. The molecule has 5 nitrogen and oxygen atoms in total. The van der Waals surface area contributed by atoms with Crippen LogP contribution in [-0.4, -0.2) is 28.5 Å². The average Bonchev–Trinajstić information content (AvgIpc) is 3.35. The summed E-state index contributed by atoms with van der Waals surface area (Å²) in [6.07, 6.45) is 1.97. The topological polar surface area (TPSA) is 59.0 Å². The number of nitrogens with zero attached hydrogens (tertiary/aromatic N) is 2. The Morgan fingerprint density at radius 3 is 2.85 bits per heavy atom. The van der Waals surface area contributed by atoms with Gasteiger partial charge in [-0.3, -0.25) is 4.79 Å². The number of aryl methyl sites for hydroxylation is 2. The van der Waals surface area contributed by atoms with Gasteiger partial charge in [-0.1, -0.05) is 25.1 Å². The Hall–Kier alpha value is -2.66. The molecule has 0 spiro atoms. The van der Waals surface area contributed by atoms with Gasteiger partial charge in [0.1, 0.15) is 5.82 Å².